The van der Waals surface area contributed by atoms with E-state index in [1.807, 2.05) is 39.3 Å². The van der Waals surface area contributed by atoms with Crippen LogP contribution in [0.25, 0.3) is 21.2 Å². The monoisotopic (exact) mass is 531 g/mol. The number of imidazole rings is 1. The van der Waals surface area contributed by atoms with Gasteiger partial charge in [-0.15, -0.1) is 4.31 Å². The number of rotatable bonds is 12. The average Bonchev–Trinajstić information content (AvgIpc) is 3.61. The van der Waals surface area contributed by atoms with E-state index in [9.17, 15) is 4.55 Å². The molecule has 37 heavy (non-hydrogen) atoms. The highest BCUT2D eigenvalue weighted by Gasteiger charge is 2.20. The van der Waals surface area contributed by atoms with E-state index in [-0.39, 0.29) is 0 Å². The van der Waals surface area contributed by atoms with Gasteiger partial charge in [0.1, 0.15) is 11.6 Å². The highest BCUT2D eigenvalue weighted by Crippen LogP contribution is 2.26. The molecule has 9 heteroatoms. The van der Waals surface area contributed by atoms with Crippen molar-refractivity contribution in [3.05, 3.63) is 97.1 Å². The van der Waals surface area contributed by atoms with Crippen molar-refractivity contribution in [2.75, 3.05) is 25.5 Å². The summed E-state index contributed by atoms with van der Waals surface area (Å²) in [5, 5.41) is 4.60. The van der Waals surface area contributed by atoms with Gasteiger partial charge in [0.2, 0.25) is 5.88 Å². The minimum absolute atomic E-state index is 0.383. The Morgan fingerprint density at radius 3 is 2.51 bits per heavy atom. The standard InChI is InChI=1S/C28H29N5O2S2/c1-35-25-13-11-24(12-14-25)23-9-7-22(8-10-23)19-33(37(34)21-32-18-16-29-20-32)17-4-15-30-28-26-5-2-3-6-27(26)36-31-28/h2-3,5-14,16,18,20H,4,15,17,19,21H2,1H3,(H,30,31). The SMILES string of the molecule is COc1ccc(-c2ccc(CN(CCCNc3nsc4ccccc34)[S+]([O-])Cn3ccnc3)cc2)cc1. The molecule has 190 valence electrons. The summed E-state index contributed by atoms with van der Waals surface area (Å²) in [5.41, 5.74) is 3.39. The molecule has 2 heterocycles. The first-order valence-corrected chi connectivity index (χ1v) is 14.2. The summed E-state index contributed by atoms with van der Waals surface area (Å²) in [4.78, 5) is 4.08. The van der Waals surface area contributed by atoms with Gasteiger partial charge in [-0.05, 0) is 58.9 Å². The van der Waals surface area contributed by atoms with Crippen molar-refractivity contribution in [2.24, 2.45) is 0 Å². The van der Waals surface area contributed by atoms with E-state index in [0.717, 1.165) is 46.6 Å². The van der Waals surface area contributed by atoms with E-state index in [0.29, 0.717) is 19.0 Å². The van der Waals surface area contributed by atoms with Crippen LogP contribution in [0.5, 0.6) is 5.75 Å². The summed E-state index contributed by atoms with van der Waals surface area (Å²) in [7, 11) is 1.67. The Hall–Kier alpha value is -3.37. The van der Waals surface area contributed by atoms with Crippen LogP contribution >= 0.6 is 11.5 Å². The second kappa shape index (κ2) is 12.2. The lowest BCUT2D eigenvalue weighted by Gasteiger charge is -2.25. The molecule has 0 aliphatic heterocycles. The molecule has 0 aliphatic rings. The quantitative estimate of drug-likeness (QED) is 0.162. The Morgan fingerprint density at radius 2 is 1.78 bits per heavy atom. The second-order valence-electron chi connectivity index (χ2n) is 8.62. The molecule has 7 nitrogen and oxygen atoms in total. The summed E-state index contributed by atoms with van der Waals surface area (Å²) in [5.74, 6) is 2.14. The van der Waals surface area contributed by atoms with Gasteiger partial charge in [-0.25, -0.2) is 4.98 Å². The molecule has 0 fully saturated rings. The van der Waals surface area contributed by atoms with Crippen LogP contribution < -0.4 is 10.1 Å². The molecule has 0 saturated carbocycles. The Morgan fingerprint density at radius 1 is 1.03 bits per heavy atom. The predicted molar refractivity (Wildman–Crippen MR) is 152 cm³/mol. The molecule has 2 aromatic heterocycles. The Labute approximate surface area is 224 Å². The zero-order chi connectivity index (χ0) is 25.5. The highest BCUT2D eigenvalue weighted by molar-refractivity contribution is 7.88. The van der Waals surface area contributed by atoms with Crippen LogP contribution in [-0.4, -0.2) is 43.0 Å². The highest BCUT2D eigenvalue weighted by atomic mass is 32.2. The summed E-state index contributed by atoms with van der Waals surface area (Å²) >= 11 is 0.308. The minimum Gasteiger partial charge on any atom is -0.596 e. The average molecular weight is 532 g/mol. The normalized spacial score (nSPS) is 12.2. The zero-order valence-electron chi connectivity index (χ0n) is 20.6. The van der Waals surface area contributed by atoms with Crippen molar-refractivity contribution in [3.63, 3.8) is 0 Å². The van der Waals surface area contributed by atoms with Crippen LogP contribution in [0.3, 0.4) is 0 Å². The number of nitrogens with one attached hydrogen (secondary N) is 1. The number of anilines is 1. The molecule has 1 N–H and O–H groups in total. The fourth-order valence-electron chi connectivity index (χ4n) is 4.09. The van der Waals surface area contributed by atoms with Gasteiger partial charge in [0, 0.05) is 30.9 Å². The maximum absolute atomic E-state index is 13.3. The molecule has 0 spiro atoms. The number of hydrogen-bond donors (Lipinski definition) is 1. The second-order valence-corrected chi connectivity index (χ2v) is 10.8. The smallest absolute Gasteiger partial charge is 0.202 e. The van der Waals surface area contributed by atoms with Gasteiger partial charge in [0.05, 0.1) is 36.0 Å². The number of methoxy groups -OCH3 is 1. The van der Waals surface area contributed by atoms with Crippen LogP contribution in [0.15, 0.2) is 91.5 Å². The molecular weight excluding hydrogens is 502 g/mol. The summed E-state index contributed by atoms with van der Waals surface area (Å²) < 4.78 is 28.2. The molecule has 0 radical (unpaired) electrons. The third-order valence-corrected chi connectivity index (χ3v) is 8.33. The summed E-state index contributed by atoms with van der Waals surface area (Å²) in [6, 6.07) is 24.7. The number of nitrogens with zero attached hydrogens (tertiary/aromatic N) is 4. The van der Waals surface area contributed by atoms with Crippen molar-refractivity contribution in [3.8, 4) is 16.9 Å². The van der Waals surface area contributed by atoms with E-state index >= 15 is 0 Å². The molecule has 3 aromatic carbocycles. The van der Waals surface area contributed by atoms with Crippen LogP contribution in [0.1, 0.15) is 12.0 Å². The fraction of sp³-hybridized carbons (Fsp3) is 0.214. The van der Waals surface area contributed by atoms with E-state index in [4.69, 9.17) is 4.74 Å². The van der Waals surface area contributed by atoms with Crippen molar-refractivity contribution in [2.45, 2.75) is 18.8 Å². The van der Waals surface area contributed by atoms with Gasteiger partial charge in [0.15, 0.2) is 0 Å². The largest absolute Gasteiger partial charge is 0.596 e. The van der Waals surface area contributed by atoms with Crippen molar-refractivity contribution >= 4 is 38.8 Å². The number of aromatic nitrogens is 3. The zero-order valence-corrected chi connectivity index (χ0v) is 22.3. The first-order valence-electron chi connectivity index (χ1n) is 12.1. The lowest BCUT2D eigenvalue weighted by Crippen LogP contribution is -2.34. The number of fused-ring (bicyclic) bond motifs is 1. The van der Waals surface area contributed by atoms with Crippen molar-refractivity contribution in [1.82, 2.24) is 18.2 Å². The number of benzene rings is 3. The third-order valence-electron chi connectivity index (χ3n) is 6.10. The van der Waals surface area contributed by atoms with Crippen molar-refractivity contribution < 1.29 is 9.29 Å². The van der Waals surface area contributed by atoms with Crippen LogP contribution in [0, 0.1) is 0 Å². The molecule has 0 aliphatic carbocycles. The van der Waals surface area contributed by atoms with Gasteiger partial charge in [-0.1, -0.05) is 48.5 Å². The van der Waals surface area contributed by atoms with Crippen LogP contribution in [0.2, 0.25) is 0 Å². The fourth-order valence-corrected chi connectivity index (χ4v) is 6.04. The van der Waals surface area contributed by atoms with E-state index in [1.54, 1.807) is 19.6 Å². The lowest BCUT2D eigenvalue weighted by atomic mass is 10.0. The number of ether oxygens (including phenoxy) is 1. The molecule has 1 atom stereocenters. The Kier molecular flexibility index (Phi) is 8.37. The van der Waals surface area contributed by atoms with Gasteiger partial charge in [0.25, 0.3) is 0 Å². The molecule has 5 rings (SSSR count). The van der Waals surface area contributed by atoms with E-state index in [2.05, 4.69) is 63.2 Å². The van der Waals surface area contributed by atoms with Gasteiger partial charge < -0.3 is 14.6 Å². The van der Waals surface area contributed by atoms with Gasteiger partial charge in [-0.2, -0.15) is 4.37 Å². The van der Waals surface area contributed by atoms with E-state index < -0.39 is 11.4 Å². The number of hydrogen-bond acceptors (Lipinski definition) is 7. The Balaban J connectivity index is 1.22. The minimum atomic E-state index is -1.19. The topological polar surface area (TPSA) is 78.3 Å². The predicted octanol–water partition coefficient (Wildman–Crippen LogP) is 5.79. The van der Waals surface area contributed by atoms with Crippen molar-refractivity contribution in [1.29, 1.82) is 0 Å². The molecule has 0 bridgehead atoms. The molecule has 1 unspecified atom stereocenters. The molecule has 5 aromatic rings. The lowest BCUT2D eigenvalue weighted by molar-refractivity contribution is 0.397. The first-order chi connectivity index (χ1) is 18.2. The van der Waals surface area contributed by atoms with Crippen LogP contribution in [-0.2, 0) is 23.8 Å². The van der Waals surface area contributed by atoms with Gasteiger partial charge >= 0.3 is 0 Å². The maximum Gasteiger partial charge on any atom is 0.202 e. The summed E-state index contributed by atoms with van der Waals surface area (Å²) in [6.45, 7) is 2.04. The summed E-state index contributed by atoms with van der Waals surface area (Å²) in [6.07, 6.45) is 6.09. The molecule has 0 saturated heterocycles. The van der Waals surface area contributed by atoms with E-state index in [1.165, 1.54) is 16.2 Å². The van der Waals surface area contributed by atoms with Gasteiger partial charge in [-0.3, -0.25) is 4.57 Å². The first kappa shape index (κ1) is 25.3. The maximum atomic E-state index is 13.3. The molecular formula is C28H29N5O2S2. The molecule has 0 amide bonds. The Bertz CT molecular complexity index is 1390. The third kappa shape index (κ3) is 6.50. The van der Waals surface area contributed by atoms with Crippen LogP contribution in [0.4, 0.5) is 5.82 Å².